The lowest BCUT2D eigenvalue weighted by atomic mass is 10.2. The molecule has 2 aliphatic heterocycles. The molecule has 0 unspecified atom stereocenters. The minimum Gasteiger partial charge on any atom is -0.481 e. The number of carbonyl (C=O) groups is 2. The SMILES string of the molecule is Cc1ccc2nc(N3CCN(c4ccccc4)CC3)c(/C=C3\SC(=S)N(CCCC(=O)O)C3=O)c(=O)n2c1. The summed E-state index contributed by atoms with van der Waals surface area (Å²) in [6, 6.07) is 13.9. The topological polar surface area (TPSA) is 98.5 Å². The van der Waals surface area contributed by atoms with Gasteiger partial charge in [-0.3, -0.25) is 23.7 Å². The fourth-order valence-electron chi connectivity index (χ4n) is 4.64. The molecule has 4 heterocycles. The third kappa shape index (κ3) is 5.30. The first kappa shape index (κ1) is 25.9. The Kier molecular flexibility index (Phi) is 7.48. The number of aryl methyl sites for hydroxylation is 1. The normalized spacial score (nSPS) is 17.2. The number of aromatic nitrogens is 2. The van der Waals surface area contributed by atoms with E-state index in [0.717, 1.165) is 36.1 Å². The average Bonchev–Trinajstić information content (AvgIpc) is 3.18. The van der Waals surface area contributed by atoms with E-state index in [1.165, 1.54) is 9.30 Å². The number of benzene rings is 1. The van der Waals surface area contributed by atoms with Crippen molar-refractivity contribution in [2.24, 2.45) is 0 Å². The zero-order valence-electron chi connectivity index (χ0n) is 20.9. The van der Waals surface area contributed by atoms with Crippen LogP contribution in [0.1, 0.15) is 24.0 Å². The standard InChI is InChI=1S/C27H27N5O4S2/c1-18-9-10-22-28-24(30-14-12-29(13-15-30)19-6-3-2-4-7-19)20(25(35)32(22)17-18)16-21-26(36)31(27(37)38-21)11-5-8-23(33)34/h2-4,6-7,9-10,16-17H,5,8,11-15H2,1H3,(H,33,34)/b21-16-. The van der Waals surface area contributed by atoms with Crippen molar-refractivity contribution in [3.8, 4) is 0 Å². The van der Waals surface area contributed by atoms with Gasteiger partial charge in [-0.25, -0.2) is 4.98 Å². The molecule has 38 heavy (non-hydrogen) atoms. The van der Waals surface area contributed by atoms with Crippen LogP contribution in [0.15, 0.2) is 58.4 Å². The molecule has 2 saturated heterocycles. The monoisotopic (exact) mass is 549 g/mol. The van der Waals surface area contributed by atoms with Crippen LogP contribution in [-0.2, 0) is 9.59 Å². The summed E-state index contributed by atoms with van der Waals surface area (Å²) in [4.78, 5) is 48.8. The number of aliphatic carboxylic acids is 1. The van der Waals surface area contributed by atoms with Crippen LogP contribution in [0.5, 0.6) is 0 Å². The van der Waals surface area contributed by atoms with Crippen LogP contribution < -0.4 is 15.4 Å². The van der Waals surface area contributed by atoms with E-state index in [4.69, 9.17) is 22.3 Å². The number of nitrogens with zero attached hydrogens (tertiary/aromatic N) is 5. The number of anilines is 2. The number of rotatable bonds is 7. The van der Waals surface area contributed by atoms with Gasteiger partial charge in [-0.15, -0.1) is 0 Å². The Morgan fingerprint density at radius 3 is 2.50 bits per heavy atom. The third-order valence-electron chi connectivity index (χ3n) is 6.61. The van der Waals surface area contributed by atoms with Crippen LogP contribution >= 0.6 is 24.0 Å². The second kappa shape index (κ2) is 11.0. The van der Waals surface area contributed by atoms with Gasteiger partial charge in [0.1, 0.15) is 15.8 Å². The quantitative estimate of drug-likeness (QED) is 0.351. The molecular weight excluding hydrogens is 522 g/mol. The number of carboxylic acids is 1. The largest absolute Gasteiger partial charge is 0.481 e. The lowest BCUT2D eigenvalue weighted by Crippen LogP contribution is -2.47. The smallest absolute Gasteiger partial charge is 0.303 e. The molecule has 0 saturated carbocycles. The molecule has 9 nitrogen and oxygen atoms in total. The predicted molar refractivity (Wildman–Crippen MR) is 154 cm³/mol. The number of amides is 1. The maximum atomic E-state index is 13.7. The van der Waals surface area contributed by atoms with Gasteiger partial charge in [0.15, 0.2) is 0 Å². The summed E-state index contributed by atoms with van der Waals surface area (Å²) < 4.78 is 1.87. The average molecular weight is 550 g/mol. The van der Waals surface area contributed by atoms with Crippen molar-refractivity contribution >= 4 is 63.4 Å². The molecule has 0 aliphatic carbocycles. The number of carbonyl (C=O) groups excluding carboxylic acids is 1. The van der Waals surface area contributed by atoms with Gasteiger partial charge in [-0.1, -0.05) is 48.2 Å². The van der Waals surface area contributed by atoms with Gasteiger partial charge in [0.25, 0.3) is 11.5 Å². The first-order valence-corrected chi connectivity index (χ1v) is 13.6. The van der Waals surface area contributed by atoms with E-state index in [-0.39, 0.29) is 24.4 Å². The lowest BCUT2D eigenvalue weighted by molar-refractivity contribution is -0.137. The highest BCUT2D eigenvalue weighted by molar-refractivity contribution is 8.26. The fraction of sp³-hybridized carbons (Fsp3) is 0.296. The van der Waals surface area contributed by atoms with Crippen LogP contribution in [0.4, 0.5) is 11.5 Å². The van der Waals surface area contributed by atoms with Gasteiger partial charge in [-0.05, 0) is 43.2 Å². The molecule has 1 aromatic carbocycles. The molecule has 0 spiro atoms. The van der Waals surface area contributed by atoms with E-state index in [1.54, 1.807) is 12.3 Å². The lowest BCUT2D eigenvalue weighted by Gasteiger charge is -2.37. The van der Waals surface area contributed by atoms with Gasteiger partial charge < -0.3 is 14.9 Å². The van der Waals surface area contributed by atoms with Crippen LogP contribution in [0.25, 0.3) is 11.7 Å². The van der Waals surface area contributed by atoms with Gasteiger partial charge in [0.05, 0.1) is 10.5 Å². The zero-order valence-corrected chi connectivity index (χ0v) is 22.5. The van der Waals surface area contributed by atoms with E-state index in [1.807, 2.05) is 37.3 Å². The molecular formula is C27H27N5O4S2. The summed E-state index contributed by atoms with van der Waals surface area (Å²) in [5, 5.41) is 8.93. The Morgan fingerprint density at radius 2 is 1.79 bits per heavy atom. The predicted octanol–water partition coefficient (Wildman–Crippen LogP) is 3.40. The molecule has 0 bridgehead atoms. The molecule has 0 atom stereocenters. The molecule has 2 aromatic heterocycles. The van der Waals surface area contributed by atoms with Crippen LogP contribution in [0, 0.1) is 6.92 Å². The molecule has 1 amide bonds. The number of thiocarbonyl (C=S) groups is 1. The number of hydrogen-bond donors (Lipinski definition) is 1. The molecule has 11 heteroatoms. The minimum absolute atomic E-state index is 0.0511. The number of piperazine rings is 1. The second-order valence-electron chi connectivity index (χ2n) is 9.23. The number of carboxylic acid groups (broad SMARTS) is 1. The van der Waals surface area contributed by atoms with Crippen molar-refractivity contribution in [2.75, 3.05) is 42.5 Å². The maximum Gasteiger partial charge on any atom is 0.303 e. The van der Waals surface area contributed by atoms with E-state index >= 15 is 0 Å². The van der Waals surface area contributed by atoms with Crippen molar-refractivity contribution < 1.29 is 14.7 Å². The number of thioether (sulfide) groups is 1. The summed E-state index contributed by atoms with van der Waals surface area (Å²) >= 11 is 6.52. The molecule has 5 rings (SSSR count). The minimum atomic E-state index is -0.923. The highest BCUT2D eigenvalue weighted by Crippen LogP contribution is 2.34. The van der Waals surface area contributed by atoms with Crippen LogP contribution in [0.3, 0.4) is 0 Å². The second-order valence-corrected chi connectivity index (χ2v) is 10.9. The van der Waals surface area contributed by atoms with E-state index in [0.29, 0.717) is 45.8 Å². The highest BCUT2D eigenvalue weighted by atomic mass is 32.2. The van der Waals surface area contributed by atoms with Crippen molar-refractivity contribution in [3.05, 3.63) is 75.0 Å². The van der Waals surface area contributed by atoms with Crippen molar-refractivity contribution in [1.29, 1.82) is 0 Å². The van der Waals surface area contributed by atoms with Crippen molar-refractivity contribution in [1.82, 2.24) is 14.3 Å². The molecule has 0 radical (unpaired) electrons. The summed E-state index contributed by atoms with van der Waals surface area (Å²) in [7, 11) is 0. The Labute approximate surface area is 229 Å². The van der Waals surface area contributed by atoms with E-state index < -0.39 is 5.97 Å². The summed E-state index contributed by atoms with van der Waals surface area (Å²) in [5.74, 6) is -0.699. The number of para-hydroxylation sites is 1. The van der Waals surface area contributed by atoms with Gasteiger partial charge in [-0.2, -0.15) is 0 Å². The molecule has 2 aliphatic rings. The van der Waals surface area contributed by atoms with E-state index in [9.17, 15) is 14.4 Å². The van der Waals surface area contributed by atoms with Gasteiger partial charge in [0.2, 0.25) is 0 Å². The van der Waals surface area contributed by atoms with E-state index in [2.05, 4.69) is 21.9 Å². The highest BCUT2D eigenvalue weighted by Gasteiger charge is 2.33. The Morgan fingerprint density at radius 1 is 1.08 bits per heavy atom. The molecule has 3 aromatic rings. The fourth-order valence-corrected chi connectivity index (χ4v) is 5.93. The zero-order chi connectivity index (χ0) is 26.8. The molecule has 1 N–H and O–H groups in total. The van der Waals surface area contributed by atoms with Gasteiger partial charge in [0, 0.05) is 51.0 Å². The number of hydrogen-bond acceptors (Lipinski definition) is 8. The summed E-state index contributed by atoms with van der Waals surface area (Å²) in [6.45, 7) is 5.00. The number of pyridine rings is 1. The first-order chi connectivity index (χ1) is 18.3. The molecule has 2 fully saturated rings. The number of fused-ring (bicyclic) bond motifs is 1. The Bertz CT molecular complexity index is 1500. The van der Waals surface area contributed by atoms with Gasteiger partial charge >= 0.3 is 5.97 Å². The Hall–Kier alpha value is -3.70. The van der Waals surface area contributed by atoms with Crippen molar-refractivity contribution in [2.45, 2.75) is 19.8 Å². The van der Waals surface area contributed by atoms with Crippen molar-refractivity contribution in [3.63, 3.8) is 0 Å². The first-order valence-electron chi connectivity index (χ1n) is 12.4. The summed E-state index contributed by atoms with van der Waals surface area (Å²) in [5.41, 5.74) is 2.70. The third-order valence-corrected chi connectivity index (χ3v) is 7.99. The Balaban J connectivity index is 1.49. The van der Waals surface area contributed by atoms with Crippen LogP contribution in [-0.4, -0.2) is 68.3 Å². The summed E-state index contributed by atoms with van der Waals surface area (Å²) in [6.07, 6.45) is 3.59. The maximum absolute atomic E-state index is 13.7. The van der Waals surface area contributed by atoms with Crippen LogP contribution in [0.2, 0.25) is 0 Å². The molecule has 196 valence electrons.